The third-order valence-electron chi connectivity index (χ3n) is 15.5. The van der Waals surface area contributed by atoms with Gasteiger partial charge in [-0.3, -0.25) is 14.4 Å². The van der Waals surface area contributed by atoms with E-state index < -0.39 is 6.10 Å². The molecule has 460 valence electrons. The molecule has 0 N–H and O–H groups in total. The van der Waals surface area contributed by atoms with Crippen LogP contribution in [0, 0.1) is 0 Å². The molecule has 1 atom stereocenters. The molecule has 6 heteroatoms. The minimum atomic E-state index is -0.780. The number of esters is 3. The SMILES string of the molecule is CCCCCC/C=C\CCCCCCCC(=O)OCC(COC(=O)CCCCCCCCCCCCCCCCC/C=C\C/C=C\CCCCCCC)OC(=O)CCCCCCCCCCC/C=C\C/C=C\CCCCCCC. The summed E-state index contributed by atoms with van der Waals surface area (Å²) in [6.07, 6.45) is 86.7. The molecule has 0 saturated heterocycles. The highest BCUT2D eigenvalue weighted by molar-refractivity contribution is 5.71. The van der Waals surface area contributed by atoms with Crippen molar-refractivity contribution in [2.75, 3.05) is 13.2 Å². The van der Waals surface area contributed by atoms with E-state index in [9.17, 15) is 14.4 Å². The molecule has 0 heterocycles. The van der Waals surface area contributed by atoms with Crippen LogP contribution in [0.5, 0.6) is 0 Å². The van der Waals surface area contributed by atoms with Crippen LogP contribution in [0.4, 0.5) is 0 Å². The lowest BCUT2D eigenvalue weighted by Crippen LogP contribution is -2.30. The van der Waals surface area contributed by atoms with E-state index in [1.54, 1.807) is 0 Å². The molecule has 0 fully saturated rings. The van der Waals surface area contributed by atoms with Gasteiger partial charge in [-0.1, -0.05) is 300 Å². The first-order valence-corrected chi connectivity index (χ1v) is 34.8. The van der Waals surface area contributed by atoms with Gasteiger partial charge in [-0.25, -0.2) is 0 Å². The van der Waals surface area contributed by atoms with Crippen molar-refractivity contribution in [3.8, 4) is 0 Å². The number of hydrogen-bond donors (Lipinski definition) is 0. The van der Waals surface area contributed by atoms with Gasteiger partial charge in [0.2, 0.25) is 0 Å². The minimum absolute atomic E-state index is 0.0758. The lowest BCUT2D eigenvalue weighted by Gasteiger charge is -2.18. The third kappa shape index (κ3) is 65.8. The number of carbonyl (C=O) groups is 3. The van der Waals surface area contributed by atoms with Crippen molar-refractivity contribution in [3.63, 3.8) is 0 Å². The Morgan fingerprint density at radius 3 is 0.722 bits per heavy atom. The van der Waals surface area contributed by atoms with Crippen LogP contribution in [0.25, 0.3) is 0 Å². The molecule has 0 bridgehead atoms. The lowest BCUT2D eigenvalue weighted by atomic mass is 10.0. The Balaban J connectivity index is 4.25. The van der Waals surface area contributed by atoms with E-state index in [1.165, 1.54) is 250 Å². The molecular formula is C73H132O6. The van der Waals surface area contributed by atoms with Crippen molar-refractivity contribution in [1.29, 1.82) is 0 Å². The van der Waals surface area contributed by atoms with Crippen LogP contribution in [-0.4, -0.2) is 37.2 Å². The molecule has 79 heavy (non-hydrogen) atoms. The normalized spacial score (nSPS) is 12.4. The Bertz CT molecular complexity index is 1410. The van der Waals surface area contributed by atoms with Gasteiger partial charge >= 0.3 is 17.9 Å². The van der Waals surface area contributed by atoms with Crippen molar-refractivity contribution >= 4 is 17.9 Å². The fourth-order valence-electron chi connectivity index (χ4n) is 10.2. The van der Waals surface area contributed by atoms with Gasteiger partial charge in [0.25, 0.3) is 0 Å². The molecule has 0 spiro atoms. The molecule has 0 amide bonds. The Labute approximate surface area is 491 Å². The van der Waals surface area contributed by atoms with Gasteiger partial charge in [-0.05, 0) is 109 Å². The molecule has 0 aromatic carbocycles. The maximum Gasteiger partial charge on any atom is 0.306 e. The number of carbonyl (C=O) groups excluding carboxylic acids is 3. The Morgan fingerprint density at radius 1 is 0.253 bits per heavy atom. The number of ether oxygens (including phenoxy) is 3. The average molecular weight is 1110 g/mol. The molecule has 0 rings (SSSR count). The quantitative estimate of drug-likeness (QED) is 0.0261. The summed E-state index contributed by atoms with van der Waals surface area (Å²) in [6.45, 7) is 6.65. The highest BCUT2D eigenvalue weighted by atomic mass is 16.6. The van der Waals surface area contributed by atoms with Crippen molar-refractivity contribution in [2.45, 2.75) is 374 Å². The van der Waals surface area contributed by atoms with Crippen molar-refractivity contribution in [1.82, 2.24) is 0 Å². The monoisotopic (exact) mass is 1110 g/mol. The first-order chi connectivity index (χ1) is 39.0. The molecule has 0 saturated carbocycles. The Hall–Kier alpha value is -2.89. The van der Waals surface area contributed by atoms with Gasteiger partial charge < -0.3 is 14.2 Å². The number of rotatable bonds is 64. The highest BCUT2D eigenvalue weighted by Gasteiger charge is 2.19. The maximum absolute atomic E-state index is 12.9. The van der Waals surface area contributed by atoms with E-state index >= 15 is 0 Å². The van der Waals surface area contributed by atoms with E-state index in [-0.39, 0.29) is 31.1 Å². The van der Waals surface area contributed by atoms with Crippen LogP contribution in [0.1, 0.15) is 367 Å². The first kappa shape index (κ1) is 76.1. The summed E-state index contributed by atoms with van der Waals surface area (Å²) < 4.78 is 17.0. The number of allylic oxidation sites excluding steroid dienone is 10. The predicted molar refractivity (Wildman–Crippen MR) is 344 cm³/mol. The van der Waals surface area contributed by atoms with Crippen LogP contribution in [0.3, 0.4) is 0 Å². The van der Waals surface area contributed by atoms with Gasteiger partial charge in [-0.2, -0.15) is 0 Å². The topological polar surface area (TPSA) is 78.9 Å². The van der Waals surface area contributed by atoms with Crippen LogP contribution in [-0.2, 0) is 28.6 Å². The zero-order valence-corrected chi connectivity index (χ0v) is 52.9. The van der Waals surface area contributed by atoms with Crippen LogP contribution in [0.15, 0.2) is 60.8 Å². The van der Waals surface area contributed by atoms with Gasteiger partial charge in [0.05, 0.1) is 0 Å². The predicted octanol–water partition coefficient (Wildman–Crippen LogP) is 23.9. The van der Waals surface area contributed by atoms with E-state index in [2.05, 4.69) is 81.5 Å². The van der Waals surface area contributed by atoms with Gasteiger partial charge in [0.1, 0.15) is 13.2 Å². The largest absolute Gasteiger partial charge is 0.462 e. The zero-order chi connectivity index (χ0) is 57.1. The average Bonchev–Trinajstić information content (AvgIpc) is 3.45. The molecule has 0 aromatic heterocycles. The highest BCUT2D eigenvalue weighted by Crippen LogP contribution is 2.17. The molecule has 6 nitrogen and oxygen atoms in total. The summed E-state index contributed by atoms with van der Waals surface area (Å²) in [5.41, 5.74) is 0. The summed E-state index contributed by atoms with van der Waals surface area (Å²) in [7, 11) is 0. The number of unbranched alkanes of at least 4 members (excludes halogenated alkanes) is 43. The smallest absolute Gasteiger partial charge is 0.306 e. The second-order valence-electron chi connectivity index (χ2n) is 23.4. The fraction of sp³-hybridized carbons (Fsp3) is 0.822. The van der Waals surface area contributed by atoms with Crippen LogP contribution in [0.2, 0.25) is 0 Å². The molecule has 1 unspecified atom stereocenters. The van der Waals surface area contributed by atoms with Crippen LogP contribution < -0.4 is 0 Å². The van der Waals surface area contributed by atoms with Gasteiger partial charge in [0.15, 0.2) is 6.10 Å². The fourth-order valence-corrected chi connectivity index (χ4v) is 10.2. The second-order valence-corrected chi connectivity index (χ2v) is 23.4. The molecule has 0 aromatic rings. The summed E-state index contributed by atoms with van der Waals surface area (Å²) >= 11 is 0. The van der Waals surface area contributed by atoms with E-state index in [1.807, 2.05) is 0 Å². The van der Waals surface area contributed by atoms with E-state index in [0.29, 0.717) is 19.3 Å². The summed E-state index contributed by atoms with van der Waals surface area (Å²) in [5.74, 6) is -0.869. The Kier molecular flexibility index (Phi) is 65.1. The molecule has 0 radical (unpaired) electrons. The summed E-state index contributed by atoms with van der Waals surface area (Å²) in [6, 6.07) is 0. The lowest BCUT2D eigenvalue weighted by molar-refractivity contribution is -0.167. The zero-order valence-electron chi connectivity index (χ0n) is 52.9. The van der Waals surface area contributed by atoms with Gasteiger partial charge in [0, 0.05) is 19.3 Å². The summed E-state index contributed by atoms with van der Waals surface area (Å²) in [4.78, 5) is 38.4. The maximum atomic E-state index is 12.9. The first-order valence-electron chi connectivity index (χ1n) is 34.8. The second kappa shape index (κ2) is 67.6. The standard InChI is InChI=1S/C73H132O6/c1-4-7-10-13-16-19-22-25-27-29-31-33-34-35-36-37-38-40-41-43-45-48-51-54-57-60-63-66-72(75)78-69-70(68-77-71(74)65-62-59-56-53-50-47-24-21-18-15-12-9-6-3)79-73(76)67-64-61-58-55-52-49-46-44-42-39-32-30-28-26-23-20-17-14-11-8-5-2/h21-26,29-32,70H,4-20,27-28,33-69H2,1-3H3/b24-21-,25-22-,26-23-,31-29-,32-30-. The molecular weight excluding hydrogens is 973 g/mol. The van der Waals surface area contributed by atoms with Crippen molar-refractivity contribution in [3.05, 3.63) is 60.8 Å². The number of hydrogen-bond acceptors (Lipinski definition) is 6. The Morgan fingerprint density at radius 2 is 0.456 bits per heavy atom. The molecule has 0 aliphatic rings. The van der Waals surface area contributed by atoms with Gasteiger partial charge in [-0.15, -0.1) is 0 Å². The van der Waals surface area contributed by atoms with Crippen LogP contribution >= 0.6 is 0 Å². The molecule has 0 aliphatic heterocycles. The van der Waals surface area contributed by atoms with E-state index in [4.69, 9.17) is 14.2 Å². The molecule has 0 aliphatic carbocycles. The summed E-state index contributed by atoms with van der Waals surface area (Å²) in [5, 5.41) is 0. The van der Waals surface area contributed by atoms with Crippen molar-refractivity contribution < 1.29 is 28.6 Å². The van der Waals surface area contributed by atoms with Crippen molar-refractivity contribution in [2.24, 2.45) is 0 Å². The van der Waals surface area contributed by atoms with E-state index in [0.717, 1.165) is 77.0 Å². The minimum Gasteiger partial charge on any atom is -0.462 e. The third-order valence-corrected chi connectivity index (χ3v) is 15.5.